The molecule has 0 saturated carbocycles. The van der Waals surface area contributed by atoms with Crippen molar-refractivity contribution in [1.82, 2.24) is 10.2 Å². The van der Waals surface area contributed by atoms with Crippen molar-refractivity contribution in [1.29, 1.82) is 0 Å². The molecular formula is C17H26N2O. The molecule has 1 heterocycles. The summed E-state index contributed by atoms with van der Waals surface area (Å²) < 4.78 is 0. The molecule has 1 unspecified atom stereocenters. The number of nitrogens with one attached hydrogen (secondary N) is 1. The number of benzene rings is 1. The van der Waals surface area contributed by atoms with E-state index in [4.69, 9.17) is 0 Å². The van der Waals surface area contributed by atoms with E-state index < -0.39 is 0 Å². The van der Waals surface area contributed by atoms with Crippen molar-refractivity contribution in [3.8, 4) is 0 Å². The van der Waals surface area contributed by atoms with E-state index in [1.165, 1.54) is 11.1 Å². The molecule has 1 amide bonds. The molecule has 20 heavy (non-hydrogen) atoms. The summed E-state index contributed by atoms with van der Waals surface area (Å²) in [5.41, 5.74) is 2.64. The minimum Gasteiger partial charge on any atom is -0.337 e. The molecule has 0 radical (unpaired) electrons. The quantitative estimate of drug-likeness (QED) is 0.865. The first kappa shape index (κ1) is 15.0. The number of amides is 1. The Kier molecular flexibility index (Phi) is 5.60. The van der Waals surface area contributed by atoms with Gasteiger partial charge in [-0.15, -0.1) is 0 Å². The number of piperidine rings is 1. The van der Waals surface area contributed by atoms with Crippen molar-refractivity contribution in [3.05, 3.63) is 35.4 Å². The summed E-state index contributed by atoms with van der Waals surface area (Å²) >= 11 is 0. The smallest absolute Gasteiger partial charge is 0.240 e. The van der Waals surface area contributed by atoms with Crippen LogP contribution in [0.4, 0.5) is 0 Å². The predicted molar refractivity (Wildman–Crippen MR) is 82.6 cm³/mol. The van der Waals surface area contributed by atoms with Gasteiger partial charge in [0.2, 0.25) is 5.91 Å². The second-order valence-corrected chi connectivity index (χ2v) is 5.53. The predicted octanol–water partition coefficient (Wildman–Crippen LogP) is 2.74. The van der Waals surface area contributed by atoms with Crippen LogP contribution < -0.4 is 5.32 Å². The van der Waals surface area contributed by atoms with E-state index in [1.54, 1.807) is 0 Å². The van der Waals surface area contributed by atoms with Crippen molar-refractivity contribution in [3.63, 3.8) is 0 Å². The largest absolute Gasteiger partial charge is 0.337 e. The fraction of sp³-hybridized carbons (Fsp3) is 0.588. The Bertz CT molecular complexity index is 444. The lowest BCUT2D eigenvalue weighted by molar-refractivity contribution is -0.136. The number of carbonyl (C=O) groups excluding carboxylic acids is 1. The van der Waals surface area contributed by atoms with Gasteiger partial charge in [0.05, 0.1) is 6.04 Å². The number of likely N-dealkylation sites (tertiary alicyclic amines) is 1. The summed E-state index contributed by atoms with van der Waals surface area (Å²) in [6, 6.07) is 8.48. The number of carbonyl (C=O) groups is 1. The van der Waals surface area contributed by atoms with Crippen LogP contribution in [0.1, 0.15) is 44.2 Å². The zero-order valence-corrected chi connectivity index (χ0v) is 12.7. The fourth-order valence-electron chi connectivity index (χ4n) is 2.87. The second kappa shape index (κ2) is 7.44. The van der Waals surface area contributed by atoms with Gasteiger partial charge in [-0.25, -0.2) is 0 Å². The molecule has 3 heteroatoms. The third kappa shape index (κ3) is 3.60. The minimum absolute atomic E-state index is 0.0255. The van der Waals surface area contributed by atoms with E-state index in [2.05, 4.69) is 43.4 Å². The van der Waals surface area contributed by atoms with Crippen LogP contribution in [0.3, 0.4) is 0 Å². The second-order valence-electron chi connectivity index (χ2n) is 5.53. The van der Waals surface area contributed by atoms with Crippen LogP contribution in [-0.4, -0.2) is 29.9 Å². The zero-order chi connectivity index (χ0) is 14.4. The molecule has 1 aliphatic rings. The average Bonchev–Trinajstić information content (AvgIpc) is 2.48. The van der Waals surface area contributed by atoms with Crippen LogP contribution in [0.2, 0.25) is 0 Å². The van der Waals surface area contributed by atoms with Crippen LogP contribution in [0.25, 0.3) is 0 Å². The molecule has 1 saturated heterocycles. The topological polar surface area (TPSA) is 32.3 Å². The van der Waals surface area contributed by atoms with E-state index in [-0.39, 0.29) is 11.9 Å². The summed E-state index contributed by atoms with van der Waals surface area (Å²) in [5, 5.41) is 3.37. The van der Waals surface area contributed by atoms with Crippen LogP contribution in [0.5, 0.6) is 0 Å². The number of rotatable bonds is 6. The van der Waals surface area contributed by atoms with Gasteiger partial charge in [0.1, 0.15) is 0 Å². The highest BCUT2D eigenvalue weighted by atomic mass is 16.2. The Morgan fingerprint density at radius 2 is 2.00 bits per heavy atom. The van der Waals surface area contributed by atoms with E-state index in [0.29, 0.717) is 0 Å². The Hall–Kier alpha value is -1.35. The van der Waals surface area contributed by atoms with Crippen LogP contribution in [0.15, 0.2) is 24.3 Å². The molecule has 0 aliphatic carbocycles. The Morgan fingerprint density at radius 3 is 2.70 bits per heavy atom. The Balaban J connectivity index is 2.03. The number of nitrogens with zero attached hydrogens (tertiary/aromatic N) is 1. The van der Waals surface area contributed by atoms with Crippen LogP contribution in [0, 0.1) is 0 Å². The number of hydrogen-bond donors (Lipinski definition) is 1. The van der Waals surface area contributed by atoms with Gasteiger partial charge in [0, 0.05) is 13.1 Å². The summed E-state index contributed by atoms with van der Waals surface area (Å²) in [6.07, 6.45) is 4.17. The first-order valence-electron chi connectivity index (χ1n) is 7.85. The zero-order valence-electron chi connectivity index (χ0n) is 12.7. The van der Waals surface area contributed by atoms with E-state index in [1.807, 2.05) is 4.90 Å². The standard InChI is InChI=1S/C17H26N2O/c1-3-11-18-16-10-7-12-19(17(16)20)13-15-9-6-5-8-14(15)4-2/h5-6,8-9,16,18H,3-4,7,10-13H2,1-2H3. The van der Waals surface area contributed by atoms with Crippen molar-refractivity contribution in [2.75, 3.05) is 13.1 Å². The number of aryl methyl sites for hydroxylation is 1. The van der Waals surface area contributed by atoms with E-state index >= 15 is 0 Å². The highest BCUT2D eigenvalue weighted by molar-refractivity contribution is 5.82. The maximum Gasteiger partial charge on any atom is 0.240 e. The average molecular weight is 274 g/mol. The van der Waals surface area contributed by atoms with Gasteiger partial charge in [-0.1, -0.05) is 38.1 Å². The molecule has 3 nitrogen and oxygen atoms in total. The van der Waals surface area contributed by atoms with Crippen LogP contribution in [-0.2, 0) is 17.8 Å². The lowest BCUT2D eigenvalue weighted by Gasteiger charge is -2.33. The maximum absolute atomic E-state index is 12.5. The molecule has 1 fully saturated rings. The summed E-state index contributed by atoms with van der Waals surface area (Å²) in [5.74, 6) is 0.274. The van der Waals surface area contributed by atoms with Crippen LogP contribution >= 0.6 is 0 Å². The monoisotopic (exact) mass is 274 g/mol. The summed E-state index contributed by atoms with van der Waals surface area (Å²) in [6.45, 7) is 6.88. The third-order valence-corrected chi connectivity index (χ3v) is 4.03. The molecule has 2 rings (SSSR count). The fourth-order valence-corrected chi connectivity index (χ4v) is 2.87. The van der Waals surface area contributed by atoms with Crippen molar-refractivity contribution in [2.24, 2.45) is 0 Å². The molecule has 1 N–H and O–H groups in total. The van der Waals surface area contributed by atoms with Crippen molar-refractivity contribution < 1.29 is 4.79 Å². The number of hydrogen-bond acceptors (Lipinski definition) is 2. The first-order chi connectivity index (χ1) is 9.76. The van der Waals surface area contributed by atoms with Crippen molar-refractivity contribution >= 4 is 5.91 Å². The lowest BCUT2D eigenvalue weighted by atomic mass is 10.0. The summed E-state index contributed by atoms with van der Waals surface area (Å²) in [7, 11) is 0. The van der Waals surface area contributed by atoms with Gasteiger partial charge in [0.15, 0.2) is 0 Å². The minimum atomic E-state index is 0.0255. The van der Waals surface area contributed by atoms with E-state index in [9.17, 15) is 4.79 Å². The molecular weight excluding hydrogens is 248 g/mol. The third-order valence-electron chi connectivity index (χ3n) is 4.03. The molecule has 1 aromatic rings. The highest BCUT2D eigenvalue weighted by Gasteiger charge is 2.28. The molecule has 110 valence electrons. The Morgan fingerprint density at radius 1 is 1.25 bits per heavy atom. The van der Waals surface area contributed by atoms with Gasteiger partial charge in [-0.2, -0.15) is 0 Å². The van der Waals surface area contributed by atoms with Gasteiger partial charge in [-0.05, 0) is 43.4 Å². The molecule has 0 aromatic heterocycles. The van der Waals surface area contributed by atoms with E-state index in [0.717, 1.165) is 45.3 Å². The molecule has 1 aliphatic heterocycles. The highest BCUT2D eigenvalue weighted by Crippen LogP contribution is 2.18. The molecule has 1 atom stereocenters. The van der Waals surface area contributed by atoms with Gasteiger partial charge in [0.25, 0.3) is 0 Å². The first-order valence-corrected chi connectivity index (χ1v) is 7.85. The molecule has 0 spiro atoms. The van der Waals surface area contributed by atoms with Gasteiger partial charge >= 0.3 is 0 Å². The van der Waals surface area contributed by atoms with Crippen molar-refractivity contribution in [2.45, 2.75) is 52.1 Å². The summed E-state index contributed by atoms with van der Waals surface area (Å²) in [4.78, 5) is 14.5. The maximum atomic E-state index is 12.5. The lowest BCUT2D eigenvalue weighted by Crippen LogP contribution is -2.50. The van der Waals surface area contributed by atoms with Gasteiger partial charge < -0.3 is 10.2 Å². The molecule has 0 bridgehead atoms. The normalized spacial score (nSPS) is 19.4. The Labute approximate surface area is 122 Å². The SMILES string of the molecule is CCCNC1CCCN(Cc2ccccc2CC)C1=O. The molecule has 1 aromatic carbocycles. The van der Waals surface area contributed by atoms with Gasteiger partial charge in [-0.3, -0.25) is 4.79 Å².